The van der Waals surface area contributed by atoms with E-state index in [1.807, 2.05) is 13.0 Å². The number of carbonyl (C=O) groups excluding carboxylic acids is 2. The number of aromatic amines is 1. The van der Waals surface area contributed by atoms with Gasteiger partial charge in [-0.05, 0) is 36.2 Å². The number of nitrogens with two attached hydrogens (primary N) is 1. The predicted octanol–water partition coefficient (Wildman–Crippen LogP) is 2.50. The first-order valence-corrected chi connectivity index (χ1v) is 7.86. The lowest BCUT2D eigenvalue weighted by atomic mass is 10.0. The van der Waals surface area contributed by atoms with Gasteiger partial charge in [-0.1, -0.05) is 30.3 Å². The predicted molar refractivity (Wildman–Crippen MR) is 93.2 cm³/mol. The largest absolute Gasteiger partial charge is 0.368 e. The van der Waals surface area contributed by atoms with Gasteiger partial charge >= 0.3 is 0 Å². The van der Waals surface area contributed by atoms with Crippen LogP contribution in [-0.2, 0) is 16.0 Å². The summed E-state index contributed by atoms with van der Waals surface area (Å²) in [6, 6.07) is 12.3. The van der Waals surface area contributed by atoms with Gasteiger partial charge in [-0.3, -0.25) is 9.59 Å². The number of carbonyl (C=O) groups is 2. The number of aryl methyl sites for hydroxylation is 1. The summed E-state index contributed by atoms with van der Waals surface area (Å²) in [7, 11) is 0. The van der Waals surface area contributed by atoms with E-state index in [1.54, 1.807) is 30.3 Å². The molecule has 0 aliphatic heterocycles. The maximum atomic E-state index is 13.5. The average Bonchev–Trinajstić information content (AvgIpc) is 2.88. The van der Waals surface area contributed by atoms with E-state index < -0.39 is 11.9 Å². The molecule has 6 heteroatoms. The van der Waals surface area contributed by atoms with Crippen LogP contribution in [0.5, 0.6) is 0 Å². The number of amides is 2. The van der Waals surface area contributed by atoms with E-state index in [4.69, 9.17) is 5.73 Å². The number of hydrogen-bond acceptors (Lipinski definition) is 2. The van der Waals surface area contributed by atoms with Crippen LogP contribution in [0.15, 0.2) is 48.5 Å². The van der Waals surface area contributed by atoms with Gasteiger partial charge in [0.05, 0.1) is 6.42 Å². The summed E-state index contributed by atoms with van der Waals surface area (Å²) < 4.78 is 13.5. The first kappa shape index (κ1) is 16.7. The Morgan fingerprint density at radius 3 is 2.60 bits per heavy atom. The van der Waals surface area contributed by atoms with Crippen LogP contribution in [0.25, 0.3) is 10.9 Å². The Kier molecular flexibility index (Phi) is 4.52. The third-order valence-corrected chi connectivity index (χ3v) is 4.14. The minimum absolute atomic E-state index is 0.0197. The van der Waals surface area contributed by atoms with E-state index in [0.717, 1.165) is 11.2 Å². The zero-order chi connectivity index (χ0) is 18.0. The molecule has 0 fully saturated rings. The summed E-state index contributed by atoms with van der Waals surface area (Å²) in [4.78, 5) is 27.3. The SMILES string of the molecule is Cc1[nH]c2ccc(F)cc2c1CC(=O)N[C@H](C(N)=O)c1ccccc1. The molecule has 4 N–H and O–H groups in total. The van der Waals surface area contributed by atoms with E-state index in [1.165, 1.54) is 12.1 Å². The minimum atomic E-state index is -0.907. The van der Waals surface area contributed by atoms with Crippen molar-refractivity contribution in [2.24, 2.45) is 5.73 Å². The van der Waals surface area contributed by atoms with Gasteiger partial charge in [0, 0.05) is 16.6 Å². The summed E-state index contributed by atoms with van der Waals surface area (Å²) in [6.45, 7) is 1.82. The van der Waals surface area contributed by atoms with E-state index in [-0.39, 0.29) is 18.1 Å². The molecule has 0 radical (unpaired) electrons. The van der Waals surface area contributed by atoms with Gasteiger partial charge in [-0.2, -0.15) is 0 Å². The van der Waals surface area contributed by atoms with E-state index in [9.17, 15) is 14.0 Å². The molecule has 5 nitrogen and oxygen atoms in total. The van der Waals surface area contributed by atoms with Crippen molar-refractivity contribution in [3.8, 4) is 0 Å². The van der Waals surface area contributed by atoms with Crippen LogP contribution in [0.2, 0.25) is 0 Å². The highest BCUT2D eigenvalue weighted by molar-refractivity contribution is 5.92. The molecule has 0 saturated heterocycles. The standard InChI is InChI=1S/C19H18FN3O2/c1-11-14(15-9-13(20)7-8-16(15)22-11)10-17(24)23-18(19(21)25)12-5-3-2-4-6-12/h2-9,18,22H,10H2,1H3,(H2,21,25)(H,23,24)/t18-/m0/s1. The second-order valence-electron chi connectivity index (χ2n) is 5.91. The quantitative estimate of drug-likeness (QED) is 0.667. The Morgan fingerprint density at radius 2 is 1.92 bits per heavy atom. The topological polar surface area (TPSA) is 88.0 Å². The molecule has 25 heavy (non-hydrogen) atoms. The van der Waals surface area contributed by atoms with E-state index in [2.05, 4.69) is 10.3 Å². The molecule has 3 aromatic rings. The average molecular weight is 339 g/mol. The summed E-state index contributed by atoms with van der Waals surface area (Å²) in [6.07, 6.45) is 0.0197. The molecule has 2 amide bonds. The molecule has 0 bridgehead atoms. The number of fused-ring (bicyclic) bond motifs is 1. The van der Waals surface area contributed by atoms with Crippen molar-refractivity contribution in [3.05, 3.63) is 71.2 Å². The molecule has 3 rings (SSSR count). The van der Waals surface area contributed by atoms with Gasteiger partial charge in [0.15, 0.2) is 0 Å². The van der Waals surface area contributed by atoms with Gasteiger partial charge in [-0.15, -0.1) is 0 Å². The lowest BCUT2D eigenvalue weighted by molar-refractivity contribution is -0.127. The highest BCUT2D eigenvalue weighted by atomic mass is 19.1. The van der Waals surface area contributed by atoms with Crippen LogP contribution < -0.4 is 11.1 Å². The minimum Gasteiger partial charge on any atom is -0.368 e. The van der Waals surface area contributed by atoms with Gasteiger partial charge in [0.1, 0.15) is 11.9 Å². The third-order valence-electron chi connectivity index (χ3n) is 4.14. The summed E-state index contributed by atoms with van der Waals surface area (Å²) in [5.74, 6) is -1.37. The van der Waals surface area contributed by atoms with Gasteiger partial charge < -0.3 is 16.0 Å². The summed E-state index contributed by atoms with van der Waals surface area (Å²) in [5, 5.41) is 3.31. The Hall–Kier alpha value is -3.15. The van der Waals surface area contributed by atoms with Gasteiger partial charge in [0.25, 0.3) is 0 Å². The fourth-order valence-electron chi connectivity index (χ4n) is 2.92. The maximum Gasteiger partial charge on any atom is 0.244 e. The normalized spacial score (nSPS) is 12.1. The monoisotopic (exact) mass is 339 g/mol. The Morgan fingerprint density at radius 1 is 1.20 bits per heavy atom. The molecule has 0 unspecified atom stereocenters. The zero-order valence-electron chi connectivity index (χ0n) is 13.7. The Balaban J connectivity index is 1.84. The molecule has 0 spiro atoms. The fourth-order valence-corrected chi connectivity index (χ4v) is 2.92. The number of halogens is 1. The van der Waals surface area contributed by atoms with Crippen LogP contribution >= 0.6 is 0 Å². The number of nitrogens with one attached hydrogen (secondary N) is 2. The number of H-pyrrole nitrogens is 1. The lowest BCUT2D eigenvalue weighted by Crippen LogP contribution is -2.38. The van der Waals surface area contributed by atoms with Crippen molar-refractivity contribution in [3.63, 3.8) is 0 Å². The molecule has 1 heterocycles. The molecular weight excluding hydrogens is 321 g/mol. The number of primary amides is 1. The van der Waals surface area contributed by atoms with Crippen molar-refractivity contribution in [2.75, 3.05) is 0 Å². The second kappa shape index (κ2) is 6.76. The number of benzene rings is 2. The molecule has 128 valence electrons. The van der Waals surface area contributed by atoms with Crippen molar-refractivity contribution in [1.82, 2.24) is 10.3 Å². The van der Waals surface area contributed by atoms with Crippen molar-refractivity contribution in [2.45, 2.75) is 19.4 Å². The maximum absolute atomic E-state index is 13.5. The first-order valence-electron chi connectivity index (χ1n) is 7.86. The van der Waals surface area contributed by atoms with E-state index in [0.29, 0.717) is 16.5 Å². The summed E-state index contributed by atoms with van der Waals surface area (Å²) in [5.41, 5.74) is 8.28. The Labute approximate surface area is 144 Å². The Bertz CT molecular complexity index is 934. The number of hydrogen-bond donors (Lipinski definition) is 3. The molecule has 0 saturated carbocycles. The molecule has 1 atom stereocenters. The highest BCUT2D eigenvalue weighted by Gasteiger charge is 2.21. The van der Waals surface area contributed by atoms with Gasteiger partial charge in [0.2, 0.25) is 11.8 Å². The molecule has 0 aliphatic rings. The molecular formula is C19H18FN3O2. The molecule has 1 aromatic heterocycles. The number of rotatable bonds is 5. The van der Waals surface area contributed by atoms with Crippen molar-refractivity contribution in [1.29, 1.82) is 0 Å². The molecule has 2 aromatic carbocycles. The second-order valence-corrected chi connectivity index (χ2v) is 5.91. The smallest absolute Gasteiger partial charge is 0.244 e. The fraction of sp³-hybridized carbons (Fsp3) is 0.158. The van der Waals surface area contributed by atoms with Crippen molar-refractivity contribution < 1.29 is 14.0 Å². The summed E-state index contributed by atoms with van der Waals surface area (Å²) >= 11 is 0. The van der Waals surface area contributed by atoms with Crippen LogP contribution in [-0.4, -0.2) is 16.8 Å². The third kappa shape index (κ3) is 3.52. The van der Waals surface area contributed by atoms with Gasteiger partial charge in [-0.25, -0.2) is 4.39 Å². The van der Waals surface area contributed by atoms with Crippen LogP contribution in [0.4, 0.5) is 4.39 Å². The number of aromatic nitrogens is 1. The first-order chi connectivity index (χ1) is 12.0. The van der Waals surface area contributed by atoms with Crippen LogP contribution in [0.3, 0.4) is 0 Å². The highest BCUT2D eigenvalue weighted by Crippen LogP contribution is 2.24. The zero-order valence-corrected chi connectivity index (χ0v) is 13.7. The van der Waals surface area contributed by atoms with E-state index >= 15 is 0 Å². The molecule has 0 aliphatic carbocycles. The van der Waals surface area contributed by atoms with Crippen LogP contribution in [0, 0.1) is 12.7 Å². The van der Waals surface area contributed by atoms with Crippen LogP contribution in [0.1, 0.15) is 22.9 Å². The van der Waals surface area contributed by atoms with Crippen molar-refractivity contribution >= 4 is 22.7 Å². The lowest BCUT2D eigenvalue weighted by Gasteiger charge is -2.16.